The quantitative estimate of drug-likeness (QED) is 0.266. The van der Waals surface area contributed by atoms with E-state index in [4.69, 9.17) is 4.74 Å². The van der Waals surface area contributed by atoms with Gasteiger partial charge in [-0.2, -0.15) is 0 Å². The molecule has 2 aromatic carbocycles. The maximum atomic E-state index is 12.4. The average Bonchev–Trinajstić information content (AvgIpc) is 3.42. The molecule has 2 unspecified atom stereocenters. The summed E-state index contributed by atoms with van der Waals surface area (Å²) in [5.41, 5.74) is 0.538. The van der Waals surface area contributed by atoms with Crippen LogP contribution in [0.3, 0.4) is 0 Å². The van der Waals surface area contributed by atoms with E-state index in [9.17, 15) is 23.4 Å². The lowest BCUT2D eigenvalue weighted by molar-refractivity contribution is -0.274. The highest BCUT2D eigenvalue weighted by Gasteiger charge is 2.31. The molecule has 0 aromatic heterocycles. The van der Waals surface area contributed by atoms with Crippen molar-refractivity contribution in [3.8, 4) is 5.75 Å². The minimum atomic E-state index is -4.74. The first kappa shape index (κ1) is 32.2. The average molecular weight is 575 g/mol. The number of benzene rings is 2. The van der Waals surface area contributed by atoms with Crippen LogP contribution in [-0.4, -0.2) is 54.3 Å². The van der Waals surface area contributed by atoms with Gasteiger partial charge in [0.2, 0.25) is 0 Å². The lowest BCUT2D eigenvalue weighted by Crippen LogP contribution is -2.49. The summed E-state index contributed by atoms with van der Waals surface area (Å²) in [6.07, 6.45) is 7.49. The number of hydrogen-bond donors (Lipinski definition) is 3. The standard InChI is InChI=1S/C32H41F3N2O4/c1-4-27-24(14-17-29(28(27)5-2)30(38)36-19-21-40-6-3)11-9-7-8-10-23-18-20-37(22-23)31(39)25-12-15-26(16-13-25)41-32(33,34)35/h4-5,7-8,11-17,23,31,36,38-39H,6,9-10,18-22H2,1-3H3/b8-7+,24-11+,27-4+,28-5?,30-29?. The second kappa shape index (κ2) is 15.7. The molecular weight excluding hydrogens is 533 g/mol. The highest BCUT2D eigenvalue weighted by Crippen LogP contribution is 2.29. The molecule has 9 heteroatoms. The summed E-state index contributed by atoms with van der Waals surface area (Å²) in [5, 5.41) is 28.2. The molecule has 0 bridgehead atoms. The van der Waals surface area contributed by atoms with Crippen LogP contribution in [0.25, 0.3) is 24.1 Å². The lowest BCUT2D eigenvalue weighted by atomic mass is 10.0. The van der Waals surface area contributed by atoms with Gasteiger partial charge in [-0.25, -0.2) is 0 Å². The summed E-state index contributed by atoms with van der Waals surface area (Å²) < 4.78 is 46.4. The van der Waals surface area contributed by atoms with Crippen molar-refractivity contribution in [2.45, 2.75) is 52.6 Å². The molecule has 6 nitrogen and oxygen atoms in total. The van der Waals surface area contributed by atoms with E-state index in [2.05, 4.69) is 34.4 Å². The van der Waals surface area contributed by atoms with Gasteiger partial charge in [-0.15, -0.1) is 13.2 Å². The summed E-state index contributed by atoms with van der Waals surface area (Å²) in [7, 11) is 0. The lowest BCUT2D eigenvalue weighted by Gasteiger charge is -2.23. The molecule has 1 heterocycles. The molecular formula is C32H41F3N2O4. The number of aliphatic hydroxyl groups excluding tert-OH is 2. The van der Waals surface area contributed by atoms with Gasteiger partial charge in [0.05, 0.1) is 6.61 Å². The molecule has 1 aliphatic rings. The third-order valence-corrected chi connectivity index (χ3v) is 7.08. The molecule has 1 fully saturated rings. The van der Waals surface area contributed by atoms with E-state index in [0.29, 0.717) is 37.8 Å². The van der Waals surface area contributed by atoms with Crippen LogP contribution in [0.2, 0.25) is 0 Å². The molecule has 3 rings (SSSR count). The Morgan fingerprint density at radius 3 is 2.49 bits per heavy atom. The SMILES string of the molecule is CC=c1c(=C(O)NCCOCC)ccc(=C\C/C=C/CC2CCN(C(O)c3ccc(OC(F)(F)F)cc3)C2)/c1=C\C. The monoisotopic (exact) mass is 574 g/mol. The van der Waals surface area contributed by atoms with Crippen molar-refractivity contribution in [1.82, 2.24) is 10.2 Å². The van der Waals surface area contributed by atoms with E-state index in [1.54, 1.807) is 0 Å². The molecule has 0 radical (unpaired) electrons. The number of hydrogen-bond acceptors (Lipinski definition) is 6. The summed E-state index contributed by atoms with van der Waals surface area (Å²) >= 11 is 0. The van der Waals surface area contributed by atoms with Crippen molar-refractivity contribution in [3.63, 3.8) is 0 Å². The second-order valence-corrected chi connectivity index (χ2v) is 9.87. The molecule has 41 heavy (non-hydrogen) atoms. The highest BCUT2D eigenvalue weighted by atomic mass is 19.4. The van der Waals surface area contributed by atoms with Crippen LogP contribution < -0.4 is 30.9 Å². The van der Waals surface area contributed by atoms with Crippen LogP contribution in [0.1, 0.15) is 51.8 Å². The Morgan fingerprint density at radius 1 is 1.10 bits per heavy atom. The van der Waals surface area contributed by atoms with Gasteiger partial charge in [0.25, 0.3) is 0 Å². The van der Waals surface area contributed by atoms with E-state index in [1.807, 2.05) is 43.9 Å². The summed E-state index contributed by atoms with van der Waals surface area (Å²) in [6, 6.07) is 9.31. The molecule has 2 atom stereocenters. The van der Waals surface area contributed by atoms with E-state index >= 15 is 0 Å². The van der Waals surface area contributed by atoms with Gasteiger partial charge < -0.3 is 25.0 Å². The number of nitrogens with one attached hydrogen (secondary N) is 1. The number of alkyl halides is 3. The molecule has 1 aliphatic heterocycles. The Balaban J connectivity index is 1.57. The van der Waals surface area contributed by atoms with Crippen molar-refractivity contribution in [2.75, 3.05) is 32.8 Å². The zero-order valence-corrected chi connectivity index (χ0v) is 24.0. The van der Waals surface area contributed by atoms with Crippen molar-refractivity contribution < 1.29 is 32.9 Å². The van der Waals surface area contributed by atoms with Gasteiger partial charge in [-0.1, -0.05) is 48.6 Å². The predicted molar refractivity (Wildman–Crippen MR) is 156 cm³/mol. The van der Waals surface area contributed by atoms with Crippen molar-refractivity contribution in [1.29, 1.82) is 0 Å². The number of halogens is 3. The van der Waals surface area contributed by atoms with Crippen LogP contribution in [0.4, 0.5) is 13.2 Å². The molecule has 3 N–H and O–H groups in total. The molecule has 0 spiro atoms. The zero-order valence-electron chi connectivity index (χ0n) is 24.0. The first-order chi connectivity index (χ1) is 19.7. The number of aliphatic hydroxyl groups is 2. The fraction of sp³-hybridized carbons (Fsp3) is 0.438. The van der Waals surface area contributed by atoms with Crippen LogP contribution >= 0.6 is 0 Å². The van der Waals surface area contributed by atoms with E-state index in [1.165, 1.54) is 24.3 Å². The van der Waals surface area contributed by atoms with Crippen molar-refractivity contribution >= 4 is 24.1 Å². The molecule has 0 aliphatic carbocycles. The number of likely N-dealkylation sites (tertiary alicyclic amines) is 1. The Morgan fingerprint density at radius 2 is 1.83 bits per heavy atom. The van der Waals surface area contributed by atoms with Gasteiger partial charge in [0.15, 0.2) is 5.88 Å². The fourth-order valence-electron chi connectivity index (χ4n) is 5.06. The Hall–Kier alpha value is -3.27. The van der Waals surface area contributed by atoms with Gasteiger partial charge in [0, 0.05) is 31.5 Å². The second-order valence-electron chi connectivity index (χ2n) is 9.87. The maximum absolute atomic E-state index is 12.4. The van der Waals surface area contributed by atoms with E-state index < -0.39 is 12.6 Å². The van der Waals surface area contributed by atoms with Crippen LogP contribution in [-0.2, 0) is 4.74 Å². The molecule has 0 amide bonds. The van der Waals surface area contributed by atoms with E-state index in [0.717, 1.165) is 46.7 Å². The Bertz CT molecular complexity index is 1390. The van der Waals surface area contributed by atoms with E-state index in [-0.39, 0.29) is 11.6 Å². The highest BCUT2D eigenvalue weighted by molar-refractivity contribution is 5.41. The third kappa shape index (κ3) is 9.66. The smallest absolute Gasteiger partial charge is 0.494 e. The summed E-state index contributed by atoms with van der Waals surface area (Å²) in [6.45, 7) is 9.00. The Kier molecular flexibility index (Phi) is 12.3. The molecule has 0 saturated carbocycles. The number of nitrogens with zero attached hydrogens (tertiary/aromatic N) is 1. The Labute approximate surface area is 239 Å². The van der Waals surface area contributed by atoms with Gasteiger partial charge >= 0.3 is 6.36 Å². The van der Waals surface area contributed by atoms with Gasteiger partial charge in [-0.3, -0.25) is 4.90 Å². The number of ether oxygens (including phenoxy) is 2. The number of allylic oxidation sites excluding steroid dienone is 2. The van der Waals surface area contributed by atoms with Crippen molar-refractivity contribution in [2.24, 2.45) is 5.92 Å². The summed E-state index contributed by atoms with van der Waals surface area (Å²) in [5.74, 6) is 0.221. The normalized spacial score (nSPS) is 19.3. The summed E-state index contributed by atoms with van der Waals surface area (Å²) in [4.78, 5) is 1.94. The minimum Gasteiger partial charge on any atom is -0.494 e. The van der Waals surface area contributed by atoms with Crippen LogP contribution in [0.15, 0.2) is 48.6 Å². The molecule has 2 aromatic rings. The predicted octanol–water partition coefficient (Wildman–Crippen LogP) is 3.57. The van der Waals surface area contributed by atoms with Crippen LogP contribution in [0.5, 0.6) is 5.75 Å². The largest absolute Gasteiger partial charge is 0.573 e. The molecule has 1 saturated heterocycles. The maximum Gasteiger partial charge on any atom is 0.573 e. The topological polar surface area (TPSA) is 74.2 Å². The zero-order chi connectivity index (χ0) is 29.8. The van der Waals surface area contributed by atoms with Crippen molar-refractivity contribution in [3.05, 3.63) is 75.0 Å². The third-order valence-electron chi connectivity index (χ3n) is 7.08. The molecule has 224 valence electrons. The number of rotatable bonds is 12. The van der Waals surface area contributed by atoms with Crippen LogP contribution in [0, 0.1) is 5.92 Å². The first-order valence-electron chi connectivity index (χ1n) is 14.1. The van der Waals surface area contributed by atoms with Gasteiger partial charge in [0.1, 0.15) is 12.0 Å². The van der Waals surface area contributed by atoms with Gasteiger partial charge in [-0.05, 0) is 85.4 Å². The first-order valence-corrected chi connectivity index (χ1v) is 14.1. The minimum absolute atomic E-state index is 0.135. The fourth-order valence-corrected chi connectivity index (χ4v) is 5.06.